The van der Waals surface area contributed by atoms with Gasteiger partial charge in [0, 0.05) is 49.3 Å². The van der Waals surface area contributed by atoms with E-state index < -0.39 is 0 Å². The maximum absolute atomic E-state index is 12.4. The smallest absolute Gasteiger partial charge is 0.275 e. The maximum atomic E-state index is 12.4. The zero-order valence-corrected chi connectivity index (χ0v) is 16.5. The highest BCUT2D eigenvalue weighted by Crippen LogP contribution is 2.26. The molecule has 0 aliphatic carbocycles. The number of pyridine rings is 1. The topological polar surface area (TPSA) is 77.6 Å². The molecule has 0 spiro atoms. The summed E-state index contributed by atoms with van der Waals surface area (Å²) in [5.41, 5.74) is 6.99. The monoisotopic (exact) mass is 379 g/mol. The van der Waals surface area contributed by atoms with Crippen molar-refractivity contribution in [1.82, 2.24) is 20.2 Å². The van der Waals surface area contributed by atoms with Crippen molar-refractivity contribution in [3.05, 3.63) is 46.5 Å². The molecule has 0 radical (unpaired) electrons. The van der Waals surface area contributed by atoms with Crippen LogP contribution in [0.3, 0.4) is 0 Å². The van der Waals surface area contributed by atoms with Crippen LogP contribution in [0.25, 0.3) is 10.9 Å². The molecule has 1 aromatic heterocycles. The van der Waals surface area contributed by atoms with Gasteiger partial charge in [-0.15, -0.1) is 0 Å². The van der Waals surface area contributed by atoms with Crippen molar-refractivity contribution in [3.8, 4) is 0 Å². The van der Waals surface area contributed by atoms with Gasteiger partial charge in [-0.3, -0.25) is 19.9 Å². The number of benzene rings is 1. The number of nitrogens with one attached hydrogen (secondary N) is 2. The van der Waals surface area contributed by atoms with Gasteiger partial charge in [0.2, 0.25) is 0 Å². The van der Waals surface area contributed by atoms with Crippen LogP contribution < -0.4 is 10.7 Å². The zero-order chi connectivity index (χ0) is 19.8. The van der Waals surface area contributed by atoms with Gasteiger partial charge in [-0.1, -0.05) is 12.1 Å². The van der Waals surface area contributed by atoms with E-state index in [1.165, 1.54) is 0 Å². The number of hydrogen-bond acceptors (Lipinski definition) is 6. The van der Waals surface area contributed by atoms with Crippen LogP contribution in [0.15, 0.2) is 35.4 Å². The molecule has 0 saturated carbocycles. The third-order valence-corrected chi connectivity index (χ3v) is 5.49. The van der Waals surface area contributed by atoms with Gasteiger partial charge >= 0.3 is 0 Å². The number of imide groups is 1. The summed E-state index contributed by atoms with van der Waals surface area (Å²) in [6.45, 7) is 10.1. The molecule has 28 heavy (non-hydrogen) atoms. The van der Waals surface area contributed by atoms with Crippen molar-refractivity contribution in [2.75, 3.05) is 31.6 Å². The number of amides is 2. The average Bonchev–Trinajstić information content (AvgIpc) is 2.86. The number of carbonyl (C=O) groups excluding carboxylic acids is 2. The normalized spacial score (nSPS) is 18.5. The van der Waals surface area contributed by atoms with Crippen molar-refractivity contribution in [2.45, 2.75) is 27.3 Å². The van der Waals surface area contributed by atoms with Gasteiger partial charge in [-0.2, -0.15) is 5.01 Å². The summed E-state index contributed by atoms with van der Waals surface area (Å²) < 4.78 is 0. The minimum absolute atomic E-state index is 0.322. The lowest BCUT2D eigenvalue weighted by atomic mass is 10.1. The Balaban J connectivity index is 1.68. The van der Waals surface area contributed by atoms with Gasteiger partial charge in [0.1, 0.15) is 5.82 Å². The van der Waals surface area contributed by atoms with E-state index in [1.54, 1.807) is 13.8 Å². The number of fused-ring (bicyclic) bond motifs is 1. The van der Waals surface area contributed by atoms with Crippen molar-refractivity contribution in [1.29, 1.82) is 0 Å². The number of hydrazine groups is 1. The number of rotatable bonds is 4. The fraction of sp³-hybridized carbons (Fsp3) is 0.381. The Bertz CT molecular complexity index is 968. The van der Waals surface area contributed by atoms with Gasteiger partial charge in [0.15, 0.2) is 0 Å². The van der Waals surface area contributed by atoms with Crippen LogP contribution >= 0.6 is 0 Å². The number of piperazine rings is 1. The van der Waals surface area contributed by atoms with E-state index in [0.717, 1.165) is 59.8 Å². The minimum Gasteiger partial charge on any atom is -0.314 e. The lowest BCUT2D eigenvalue weighted by molar-refractivity contribution is -0.135. The summed E-state index contributed by atoms with van der Waals surface area (Å²) in [5, 5.41) is 5.53. The molecule has 7 heteroatoms. The molecular weight excluding hydrogens is 354 g/mol. The molecule has 1 fully saturated rings. The van der Waals surface area contributed by atoms with Crippen molar-refractivity contribution in [3.63, 3.8) is 0 Å². The third kappa shape index (κ3) is 3.39. The summed E-state index contributed by atoms with van der Waals surface area (Å²) >= 11 is 0. The highest BCUT2D eigenvalue weighted by atomic mass is 16.2. The SMILES string of the molecule is CC1=C(C)C(=O)N(Nc2cc(CN3CCNCC3)c3ccc(C)cc3n2)C1=O. The fourth-order valence-electron chi connectivity index (χ4n) is 3.67. The second kappa shape index (κ2) is 7.33. The van der Waals surface area contributed by atoms with E-state index in [9.17, 15) is 9.59 Å². The molecule has 0 bridgehead atoms. The molecule has 1 aromatic carbocycles. The van der Waals surface area contributed by atoms with E-state index in [4.69, 9.17) is 0 Å². The van der Waals surface area contributed by atoms with Gasteiger partial charge in [0.05, 0.1) is 5.52 Å². The predicted octanol–water partition coefficient (Wildman–Crippen LogP) is 1.98. The first-order valence-electron chi connectivity index (χ1n) is 9.60. The number of anilines is 1. The number of nitrogens with zero attached hydrogens (tertiary/aromatic N) is 3. The Labute approximate surface area is 164 Å². The standard InChI is InChI=1S/C21H25N5O2/c1-13-4-5-17-16(12-25-8-6-22-7-9-25)11-19(23-18(17)10-13)24-26-20(27)14(2)15(3)21(26)28/h4-5,10-11,22H,6-9,12H2,1-3H3,(H,23,24). The van der Waals surface area contributed by atoms with E-state index in [1.807, 2.05) is 19.1 Å². The van der Waals surface area contributed by atoms with E-state index >= 15 is 0 Å². The highest BCUT2D eigenvalue weighted by Gasteiger charge is 2.34. The van der Waals surface area contributed by atoms with Gasteiger partial charge in [-0.25, -0.2) is 4.98 Å². The Hall–Kier alpha value is -2.77. The quantitative estimate of drug-likeness (QED) is 0.791. The molecule has 2 amide bonds. The molecule has 2 aliphatic heterocycles. The van der Waals surface area contributed by atoms with Gasteiger partial charge in [-0.05, 0) is 44.0 Å². The van der Waals surface area contributed by atoms with E-state index in [0.29, 0.717) is 17.0 Å². The Morgan fingerprint density at radius 1 is 1.04 bits per heavy atom. The molecule has 2 aromatic rings. The summed E-state index contributed by atoms with van der Waals surface area (Å²) in [7, 11) is 0. The molecule has 2 N–H and O–H groups in total. The average molecular weight is 379 g/mol. The Morgan fingerprint density at radius 3 is 2.39 bits per heavy atom. The van der Waals surface area contributed by atoms with Crippen LogP contribution in [-0.4, -0.2) is 52.9 Å². The molecule has 0 unspecified atom stereocenters. The van der Waals surface area contributed by atoms with Crippen LogP contribution in [0.1, 0.15) is 25.0 Å². The summed E-state index contributed by atoms with van der Waals surface area (Å²) in [5.74, 6) is -0.137. The van der Waals surface area contributed by atoms with Crippen LogP contribution in [0.2, 0.25) is 0 Å². The molecule has 146 valence electrons. The van der Waals surface area contributed by atoms with Crippen LogP contribution in [0.4, 0.5) is 5.82 Å². The zero-order valence-electron chi connectivity index (χ0n) is 16.5. The first-order chi connectivity index (χ1) is 13.4. The second-order valence-electron chi connectivity index (χ2n) is 7.52. The first-order valence-corrected chi connectivity index (χ1v) is 9.60. The van der Waals surface area contributed by atoms with E-state index in [-0.39, 0.29) is 11.8 Å². The lowest BCUT2D eigenvalue weighted by Crippen LogP contribution is -2.43. The Morgan fingerprint density at radius 2 is 1.71 bits per heavy atom. The Kier molecular flexibility index (Phi) is 4.87. The van der Waals surface area contributed by atoms with Crippen LogP contribution in [0, 0.1) is 6.92 Å². The number of aromatic nitrogens is 1. The first kappa shape index (κ1) is 18.6. The fourth-order valence-corrected chi connectivity index (χ4v) is 3.67. The largest absolute Gasteiger partial charge is 0.314 e. The summed E-state index contributed by atoms with van der Waals surface area (Å²) in [6.07, 6.45) is 0. The van der Waals surface area contributed by atoms with E-state index in [2.05, 4.69) is 32.8 Å². The van der Waals surface area contributed by atoms with Crippen molar-refractivity contribution < 1.29 is 9.59 Å². The number of aryl methyl sites for hydroxylation is 1. The predicted molar refractivity (Wildman–Crippen MR) is 108 cm³/mol. The van der Waals surface area contributed by atoms with Gasteiger partial charge in [0.25, 0.3) is 11.8 Å². The molecule has 0 atom stereocenters. The number of carbonyl (C=O) groups is 2. The lowest BCUT2D eigenvalue weighted by Gasteiger charge is -2.28. The molecular formula is C21H25N5O2. The summed E-state index contributed by atoms with van der Waals surface area (Å²) in [4.78, 5) is 31.8. The second-order valence-corrected chi connectivity index (χ2v) is 7.52. The minimum atomic E-state index is -0.322. The molecule has 4 rings (SSSR count). The summed E-state index contributed by atoms with van der Waals surface area (Å²) in [6, 6.07) is 8.16. The maximum Gasteiger partial charge on any atom is 0.275 e. The third-order valence-electron chi connectivity index (χ3n) is 5.49. The van der Waals surface area contributed by atoms with Gasteiger partial charge < -0.3 is 5.32 Å². The molecule has 3 heterocycles. The number of hydrogen-bond donors (Lipinski definition) is 2. The van der Waals surface area contributed by atoms with Crippen LogP contribution in [-0.2, 0) is 16.1 Å². The highest BCUT2D eigenvalue weighted by molar-refractivity contribution is 6.19. The molecule has 1 saturated heterocycles. The van der Waals surface area contributed by atoms with Crippen molar-refractivity contribution in [2.24, 2.45) is 0 Å². The molecule has 2 aliphatic rings. The van der Waals surface area contributed by atoms with Crippen LogP contribution in [0.5, 0.6) is 0 Å². The van der Waals surface area contributed by atoms with Crippen molar-refractivity contribution >= 4 is 28.5 Å². The molecule has 7 nitrogen and oxygen atoms in total.